The van der Waals surface area contributed by atoms with E-state index in [2.05, 4.69) is 4.74 Å². The Hall–Kier alpha value is -1.30. The van der Waals surface area contributed by atoms with Crippen molar-refractivity contribution in [2.75, 3.05) is 7.11 Å². The summed E-state index contributed by atoms with van der Waals surface area (Å²) in [5.41, 5.74) is 0.469. The van der Waals surface area contributed by atoms with E-state index in [1.54, 1.807) is 0 Å². The molecule has 0 heterocycles. The molecule has 0 aromatic heterocycles. The highest BCUT2D eigenvalue weighted by molar-refractivity contribution is 5.83. The minimum atomic E-state index is -0.466. The molecule has 0 rings (SSSR count). The van der Waals surface area contributed by atoms with Crippen molar-refractivity contribution >= 4 is 5.97 Å². The largest absolute Gasteiger partial charge is 0.466 e. The second kappa shape index (κ2) is 5.36. The van der Waals surface area contributed by atoms with Gasteiger partial charge in [0.2, 0.25) is 0 Å². The number of hydrogen-bond donors (Lipinski definition) is 0. The monoisotopic (exact) mass is 167 g/mol. The summed E-state index contributed by atoms with van der Waals surface area (Å²) in [4.78, 5) is 10.7. The predicted molar refractivity (Wildman–Crippen MR) is 45.2 cm³/mol. The molecular formula is C9H13NO2. The van der Waals surface area contributed by atoms with E-state index in [-0.39, 0.29) is 0 Å². The van der Waals surface area contributed by atoms with E-state index < -0.39 is 5.97 Å². The first-order chi connectivity index (χ1) is 5.60. The van der Waals surface area contributed by atoms with Crippen molar-refractivity contribution in [2.24, 2.45) is 5.92 Å². The standard InChI is InChI=1S/C9H13NO2/c1-7(2)4-8(6-10)5-9(11)12-3/h5,7H,4H2,1-3H3/b8-5-. The van der Waals surface area contributed by atoms with Crippen LogP contribution in [0.25, 0.3) is 0 Å². The lowest BCUT2D eigenvalue weighted by Crippen LogP contribution is -1.98. The van der Waals surface area contributed by atoms with Gasteiger partial charge in [0.25, 0.3) is 0 Å². The molecule has 0 aliphatic heterocycles. The smallest absolute Gasteiger partial charge is 0.331 e. The Morgan fingerprint density at radius 3 is 2.58 bits per heavy atom. The maximum absolute atomic E-state index is 10.7. The third-order valence-electron chi connectivity index (χ3n) is 1.27. The zero-order valence-electron chi connectivity index (χ0n) is 7.63. The molecule has 0 atom stereocenters. The summed E-state index contributed by atoms with van der Waals surface area (Å²) in [6.07, 6.45) is 1.85. The van der Waals surface area contributed by atoms with Gasteiger partial charge in [-0.3, -0.25) is 0 Å². The molecule has 0 saturated carbocycles. The van der Waals surface area contributed by atoms with Crippen LogP contribution >= 0.6 is 0 Å². The number of nitriles is 1. The lowest BCUT2D eigenvalue weighted by atomic mass is 10.0. The Kier molecular flexibility index (Phi) is 4.78. The number of hydrogen-bond acceptors (Lipinski definition) is 3. The maximum Gasteiger partial charge on any atom is 0.331 e. The molecule has 3 heteroatoms. The van der Waals surface area contributed by atoms with Crippen LogP contribution in [-0.2, 0) is 9.53 Å². The number of nitrogens with zero attached hydrogens (tertiary/aromatic N) is 1. The zero-order valence-corrected chi connectivity index (χ0v) is 7.63. The number of methoxy groups -OCH3 is 1. The molecule has 0 bridgehead atoms. The quantitative estimate of drug-likeness (QED) is 0.365. The van der Waals surface area contributed by atoms with Gasteiger partial charge in [0.1, 0.15) is 0 Å². The highest BCUT2D eigenvalue weighted by Crippen LogP contribution is 2.09. The van der Waals surface area contributed by atoms with Gasteiger partial charge in [-0.2, -0.15) is 5.26 Å². The fraction of sp³-hybridized carbons (Fsp3) is 0.556. The van der Waals surface area contributed by atoms with Crippen LogP contribution in [0.5, 0.6) is 0 Å². The molecule has 0 aromatic carbocycles. The lowest BCUT2D eigenvalue weighted by Gasteiger charge is -2.01. The summed E-state index contributed by atoms with van der Waals surface area (Å²) in [5, 5.41) is 8.59. The van der Waals surface area contributed by atoms with E-state index in [0.717, 1.165) is 0 Å². The first-order valence-electron chi connectivity index (χ1n) is 3.78. The van der Waals surface area contributed by atoms with Gasteiger partial charge in [-0.25, -0.2) is 4.79 Å². The van der Waals surface area contributed by atoms with Crippen molar-refractivity contribution in [2.45, 2.75) is 20.3 Å². The molecule has 0 aliphatic carbocycles. The minimum Gasteiger partial charge on any atom is -0.466 e. The Balaban J connectivity index is 4.26. The van der Waals surface area contributed by atoms with Crippen molar-refractivity contribution in [3.05, 3.63) is 11.6 Å². The summed E-state index contributed by atoms with van der Waals surface area (Å²) >= 11 is 0. The minimum absolute atomic E-state index is 0.376. The Labute approximate surface area is 72.6 Å². The topological polar surface area (TPSA) is 50.1 Å². The van der Waals surface area contributed by atoms with Crippen LogP contribution in [0.15, 0.2) is 11.6 Å². The van der Waals surface area contributed by atoms with Crippen molar-refractivity contribution in [3.63, 3.8) is 0 Å². The molecule has 0 unspecified atom stereocenters. The predicted octanol–water partition coefficient (Wildman–Crippen LogP) is 1.66. The van der Waals surface area contributed by atoms with Crippen molar-refractivity contribution < 1.29 is 9.53 Å². The molecule has 0 N–H and O–H groups in total. The van der Waals surface area contributed by atoms with Crippen LogP contribution in [0.1, 0.15) is 20.3 Å². The molecule has 66 valence electrons. The Bertz CT molecular complexity index is 223. The second-order valence-electron chi connectivity index (χ2n) is 2.90. The van der Waals surface area contributed by atoms with E-state index in [0.29, 0.717) is 17.9 Å². The second-order valence-corrected chi connectivity index (χ2v) is 2.90. The van der Waals surface area contributed by atoms with Crippen LogP contribution in [0, 0.1) is 17.2 Å². The fourth-order valence-corrected chi connectivity index (χ4v) is 0.778. The average Bonchev–Trinajstić information content (AvgIpc) is 2.02. The number of esters is 1. The van der Waals surface area contributed by atoms with Crippen LogP contribution in [0.2, 0.25) is 0 Å². The number of carbonyl (C=O) groups excluding carboxylic acids is 1. The highest BCUT2D eigenvalue weighted by Gasteiger charge is 2.03. The molecule has 12 heavy (non-hydrogen) atoms. The summed E-state index contributed by atoms with van der Waals surface area (Å²) in [6.45, 7) is 3.98. The van der Waals surface area contributed by atoms with Crippen molar-refractivity contribution in [3.8, 4) is 6.07 Å². The van der Waals surface area contributed by atoms with E-state index in [1.807, 2.05) is 19.9 Å². The van der Waals surface area contributed by atoms with Gasteiger partial charge >= 0.3 is 5.97 Å². The number of carbonyl (C=O) groups is 1. The van der Waals surface area contributed by atoms with Gasteiger partial charge in [0.15, 0.2) is 0 Å². The summed E-state index contributed by atoms with van der Waals surface area (Å²) < 4.78 is 4.40. The van der Waals surface area contributed by atoms with Gasteiger partial charge in [0.05, 0.1) is 13.2 Å². The SMILES string of the molecule is COC(=O)/C=C(\C#N)CC(C)C. The van der Waals surface area contributed by atoms with E-state index in [4.69, 9.17) is 5.26 Å². The van der Waals surface area contributed by atoms with Gasteiger partial charge in [0, 0.05) is 11.6 Å². The van der Waals surface area contributed by atoms with Crippen LogP contribution < -0.4 is 0 Å². The maximum atomic E-state index is 10.7. The first kappa shape index (κ1) is 10.7. The first-order valence-corrected chi connectivity index (χ1v) is 3.78. The third kappa shape index (κ3) is 4.51. The summed E-state index contributed by atoms with van der Waals surface area (Å²) in [5.74, 6) is -0.0900. The molecular weight excluding hydrogens is 154 g/mol. The summed E-state index contributed by atoms with van der Waals surface area (Å²) in [7, 11) is 1.29. The molecule has 0 radical (unpaired) electrons. The van der Waals surface area contributed by atoms with E-state index in [9.17, 15) is 4.79 Å². The van der Waals surface area contributed by atoms with Gasteiger partial charge in [-0.1, -0.05) is 13.8 Å². The third-order valence-corrected chi connectivity index (χ3v) is 1.27. The molecule has 0 fully saturated rings. The fourth-order valence-electron chi connectivity index (χ4n) is 0.778. The normalized spacial score (nSPS) is 11.1. The molecule has 0 aromatic rings. The highest BCUT2D eigenvalue weighted by atomic mass is 16.5. The van der Waals surface area contributed by atoms with Gasteiger partial charge < -0.3 is 4.74 Å². The lowest BCUT2D eigenvalue weighted by molar-refractivity contribution is -0.134. The molecule has 0 aliphatic rings. The number of rotatable bonds is 3. The number of allylic oxidation sites excluding steroid dienone is 1. The van der Waals surface area contributed by atoms with Crippen molar-refractivity contribution in [1.82, 2.24) is 0 Å². The van der Waals surface area contributed by atoms with Crippen molar-refractivity contribution in [1.29, 1.82) is 5.26 Å². The Morgan fingerprint density at radius 1 is 1.67 bits per heavy atom. The average molecular weight is 167 g/mol. The molecule has 3 nitrogen and oxygen atoms in total. The van der Waals surface area contributed by atoms with E-state index in [1.165, 1.54) is 13.2 Å². The Morgan fingerprint density at radius 2 is 2.25 bits per heavy atom. The van der Waals surface area contributed by atoms with Gasteiger partial charge in [-0.05, 0) is 12.3 Å². The van der Waals surface area contributed by atoms with E-state index >= 15 is 0 Å². The molecule has 0 amide bonds. The zero-order chi connectivity index (χ0) is 9.56. The van der Waals surface area contributed by atoms with Crippen LogP contribution in [-0.4, -0.2) is 13.1 Å². The summed E-state index contributed by atoms with van der Waals surface area (Å²) in [6, 6.07) is 1.96. The van der Waals surface area contributed by atoms with Crippen LogP contribution in [0.4, 0.5) is 0 Å². The number of ether oxygens (including phenoxy) is 1. The van der Waals surface area contributed by atoms with Gasteiger partial charge in [-0.15, -0.1) is 0 Å². The molecule has 0 saturated heterocycles. The molecule has 0 spiro atoms. The van der Waals surface area contributed by atoms with Crippen LogP contribution in [0.3, 0.4) is 0 Å².